The highest BCUT2D eigenvalue weighted by atomic mass is 79.9. The fraction of sp³-hybridized carbons (Fsp3) is 0.647. The van der Waals surface area contributed by atoms with E-state index in [-0.39, 0.29) is 15.5 Å². The van der Waals surface area contributed by atoms with Crippen molar-refractivity contribution in [3.8, 4) is 0 Å². The largest absolute Gasteiger partial charge is 0.379 e. The van der Waals surface area contributed by atoms with Crippen LogP contribution in [0.4, 0.5) is 0 Å². The molecule has 1 aromatic rings. The summed E-state index contributed by atoms with van der Waals surface area (Å²) in [5, 5.41) is 0.228. The Morgan fingerprint density at radius 2 is 1.88 bits per heavy atom. The van der Waals surface area contributed by atoms with Crippen LogP contribution in [0.5, 0.6) is 0 Å². The van der Waals surface area contributed by atoms with E-state index in [0.717, 1.165) is 43.2 Å². The second kappa shape index (κ2) is 8.23. The second-order valence-electron chi connectivity index (χ2n) is 6.78. The first kappa shape index (κ1) is 19.6. The quantitative estimate of drug-likeness (QED) is 0.745. The Bertz CT molecular complexity index is 702. The number of hydrogen-bond donors (Lipinski definition) is 1. The van der Waals surface area contributed by atoms with Crippen LogP contribution in [0.1, 0.15) is 32.1 Å². The predicted molar refractivity (Wildman–Crippen MR) is 103 cm³/mol. The number of nitrogens with one attached hydrogen (secondary N) is 1. The van der Waals surface area contributed by atoms with Crippen molar-refractivity contribution in [1.29, 1.82) is 0 Å². The number of benzene rings is 1. The van der Waals surface area contributed by atoms with Crippen molar-refractivity contribution in [2.75, 3.05) is 32.8 Å². The summed E-state index contributed by atoms with van der Waals surface area (Å²) in [6.45, 7) is 3.57. The van der Waals surface area contributed by atoms with Crippen LogP contribution in [-0.4, -0.2) is 51.7 Å². The van der Waals surface area contributed by atoms with Crippen molar-refractivity contribution in [3.63, 3.8) is 0 Å². The molecule has 25 heavy (non-hydrogen) atoms. The molecule has 3 rings (SSSR count). The summed E-state index contributed by atoms with van der Waals surface area (Å²) >= 11 is 9.45. The molecule has 1 heterocycles. The zero-order chi connectivity index (χ0) is 17.9. The molecule has 1 aliphatic carbocycles. The van der Waals surface area contributed by atoms with Crippen LogP contribution in [0.3, 0.4) is 0 Å². The van der Waals surface area contributed by atoms with E-state index in [9.17, 15) is 8.42 Å². The Balaban J connectivity index is 1.78. The van der Waals surface area contributed by atoms with Gasteiger partial charge in [-0.1, -0.05) is 46.8 Å². The molecule has 0 amide bonds. The molecule has 0 radical (unpaired) electrons. The van der Waals surface area contributed by atoms with Crippen LogP contribution in [0, 0.1) is 0 Å². The lowest BCUT2D eigenvalue weighted by atomic mass is 9.80. The molecule has 1 saturated carbocycles. The number of halogens is 2. The number of morpholine rings is 1. The normalized spacial score (nSPS) is 22.0. The third kappa shape index (κ3) is 4.57. The molecule has 0 unspecified atom stereocenters. The molecule has 2 aliphatic rings. The molecule has 0 atom stereocenters. The summed E-state index contributed by atoms with van der Waals surface area (Å²) in [5.41, 5.74) is -0.114. The van der Waals surface area contributed by atoms with E-state index in [0.29, 0.717) is 19.8 Å². The van der Waals surface area contributed by atoms with Gasteiger partial charge in [0.25, 0.3) is 0 Å². The third-order valence-electron chi connectivity index (χ3n) is 5.24. The second-order valence-corrected chi connectivity index (χ2v) is 9.84. The molecular formula is C17H24BrClN2O3S. The minimum atomic E-state index is -3.64. The van der Waals surface area contributed by atoms with Gasteiger partial charge in [-0.2, -0.15) is 0 Å². The lowest BCUT2D eigenvalue weighted by molar-refractivity contribution is -0.0348. The van der Waals surface area contributed by atoms with E-state index in [2.05, 4.69) is 25.6 Å². The van der Waals surface area contributed by atoms with Gasteiger partial charge in [0.1, 0.15) is 4.90 Å². The summed E-state index contributed by atoms with van der Waals surface area (Å²) < 4.78 is 34.6. The molecule has 140 valence electrons. The van der Waals surface area contributed by atoms with Gasteiger partial charge >= 0.3 is 0 Å². The maximum absolute atomic E-state index is 12.8. The van der Waals surface area contributed by atoms with Crippen LogP contribution in [-0.2, 0) is 14.8 Å². The van der Waals surface area contributed by atoms with Gasteiger partial charge in [-0.15, -0.1) is 0 Å². The van der Waals surface area contributed by atoms with Crippen LogP contribution < -0.4 is 4.72 Å². The first-order valence-corrected chi connectivity index (χ1v) is 11.4. The molecule has 0 aromatic heterocycles. The van der Waals surface area contributed by atoms with Gasteiger partial charge in [0.05, 0.1) is 18.2 Å². The molecule has 0 bridgehead atoms. The van der Waals surface area contributed by atoms with Gasteiger partial charge in [-0.3, -0.25) is 4.90 Å². The predicted octanol–water partition coefficient (Wildman–Crippen LogP) is 3.42. The lowest BCUT2D eigenvalue weighted by Gasteiger charge is -2.48. The number of ether oxygens (including phenoxy) is 1. The molecule has 2 fully saturated rings. The minimum absolute atomic E-state index is 0.114. The van der Waals surface area contributed by atoms with E-state index >= 15 is 0 Å². The molecule has 1 aliphatic heterocycles. The monoisotopic (exact) mass is 450 g/mol. The fourth-order valence-electron chi connectivity index (χ4n) is 3.85. The number of sulfonamides is 1. The lowest BCUT2D eigenvalue weighted by Crippen LogP contribution is -2.59. The summed E-state index contributed by atoms with van der Waals surface area (Å²) in [4.78, 5) is 2.55. The molecule has 1 aromatic carbocycles. The van der Waals surface area contributed by atoms with Gasteiger partial charge < -0.3 is 4.74 Å². The van der Waals surface area contributed by atoms with Crippen molar-refractivity contribution in [2.24, 2.45) is 0 Å². The zero-order valence-corrected chi connectivity index (χ0v) is 17.3. The van der Waals surface area contributed by atoms with Crippen molar-refractivity contribution in [1.82, 2.24) is 9.62 Å². The maximum Gasteiger partial charge on any atom is 0.242 e. The highest BCUT2D eigenvalue weighted by molar-refractivity contribution is 9.10. The highest BCUT2D eigenvalue weighted by Crippen LogP contribution is 2.34. The summed E-state index contributed by atoms with van der Waals surface area (Å²) in [7, 11) is -3.64. The minimum Gasteiger partial charge on any atom is -0.379 e. The van der Waals surface area contributed by atoms with Crippen LogP contribution in [0.15, 0.2) is 27.6 Å². The van der Waals surface area contributed by atoms with Gasteiger partial charge in [0, 0.05) is 29.6 Å². The van der Waals surface area contributed by atoms with Crippen molar-refractivity contribution in [2.45, 2.75) is 42.5 Å². The number of hydrogen-bond acceptors (Lipinski definition) is 4. The van der Waals surface area contributed by atoms with Gasteiger partial charge in [0.2, 0.25) is 10.0 Å². The van der Waals surface area contributed by atoms with Crippen molar-refractivity contribution < 1.29 is 13.2 Å². The van der Waals surface area contributed by atoms with E-state index in [1.807, 2.05) is 0 Å². The molecule has 8 heteroatoms. The first-order valence-electron chi connectivity index (χ1n) is 8.71. The molecule has 1 N–H and O–H groups in total. The highest BCUT2D eigenvalue weighted by Gasteiger charge is 2.39. The van der Waals surface area contributed by atoms with E-state index in [1.54, 1.807) is 12.1 Å². The standard InChI is InChI=1S/C17H24BrClN2O3S/c18-14-4-5-16(15(19)12-14)25(22,23)20-13-17(6-2-1-3-7-17)21-8-10-24-11-9-21/h4-5,12,20H,1-3,6-11,13H2. The smallest absolute Gasteiger partial charge is 0.242 e. The van der Waals surface area contributed by atoms with E-state index in [4.69, 9.17) is 16.3 Å². The third-order valence-corrected chi connectivity index (χ3v) is 7.62. The summed E-state index contributed by atoms with van der Waals surface area (Å²) in [6.07, 6.45) is 5.53. The van der Waals surface area contributed by atoms with Crippen molar-refractivity contribution >= 4 is 37.6 Å². The van der Waals surface area contributed by atoms with Gasteiger partial charge in [-0.05, 0) is 31.0 Å². The molecule has 1 saturated heterocycles. The maximum atomic E-state index is 12.8. The number of rotatable bonds is 5. The van der Waals surface area contributed by atoms with Gasteiger partial charge in [-0.25, -0.2) is 13.1 Å². The first-order chi connectivity index (χ1) is 11.9. The topological polar surface area (TPSA) is 58.6 Å². The van der Waals surface area contributed by atoms with E-state index in [1.165, 1.54) is 12.5 Å². The van der Waals surface area contributed by atoms with Crippen LogP contribution >= 0.6 is 27.5 Å². The molecule has 0 spiro atoms. The average Bonchev–Trinajstić information content (AvgIpc) is 2.61. The number of nitrogens with zero attached hydrogens (tertiary/aromatic N) is 1. The average molecular weight is 452 g/mol. The SMILES string of the molecule is O=S(=O)(NCC1(N2CCOCC2)CCCCC1)c1ccc(Br)cc1Cl. The van der Waals surface area contributed by atoms with Crippen LogP contribution in [0.2, 0.25) is 5.02 Å². The van der Waals surface area contributed by atoms with E-state index < -0.39 is 10.0 Å². The Labute approximate surface area is 163 Å². The van der Waals surface area contributed by atoms with Gasteiger partial charge in [0.15, 0.2) is 0 Å². The molecular weight excluding hydrogens is 428 g/mol. The Morgan fingerprint density at radius 3 is 2.52 bits per heavy atom. The summed E-state index contributed by atoms with van der Waals surface area (Å²) in [5.74, 6) is 0. The van der Waals surface area contributed by atoms with Crippen molar-refractivity contribution in [3.05, 3.63) is 27.7 Å². The summed E-state index contributed by atoms with van der Waals surface area (Å²) in [6, 6.07) is 4.84. The Morgan fingerprint density at radius 1 is 1.20 bits per heavy atom. The Kier molecular flexibility index (Phi) is 6.45. The zero-order valence-electron chi connectivity index (χ0n) is 14.1. The Hall–Kier alpha value is -0.180. The fourth-order valence-corrected chi connectivity index (χ4v) is 6.01. The molecule has 5 nitrogen and oxygen atoms in total. The van der Waals surface area contributed by atoms with Crippen LogP contribution in [0.25, 0.3) is 0 Å².